The average molecular weight is 670 g/mol. The molecule has 4 atom stereocenters. The van der Waals surface area contributed by atoms with E-state index in [1.165, 1.54) is 12.1 Å². The Morgan fingerprint density at radius 2 is 1.90 bits per heavy atom. The second-order valence-corrected chi connectivity index (χ2v) is 15.3. The van der Waals surface area contributed by atoms with Crippen molar-refractivity contribution in [2.75, 3.05) is 0 Å². The Morgan fingerprint density at radius 3 is 2.50 bits per heavy atom. The highest BCUT2D eigenvalue weighted by Crippen LogP contribution is 2.66. The third-order valence-corrected chi connectivity index (χ3v) is 9.58. The monoisotopic (exact) mass is 666 g/mol. The van der Waals surface area contributed by atoms with Crippen LogP contribution in [0.1, 0.15) is 32.4 Å². The zero-order chi connectivity index (χ0) is 26.5. The quantitative estimate of drug-likeness (QED) is 0.237. The molecule has 4 unspecified atom stereocenters. The molecule has 0 aliphatic heterocycles. The van der Waals surface area contributed by atoms with Gasteiger partial charge in [0.2, 0.25) is 6.10 Å². The SMILES string of the molecule is [2H]c1c([2H])c([2H])c(Oc2cccc(C(C#N)OC(=O)C3C(C(Br)C(Br)(Br)Br)C3(C)C)c2)c([2H])c1[2H]. The van der Waals surface area contributed by atoms with Gasteiger partial charge in [0.1, 0.15) is 19.7 Å². The standard InChI is InChI=1S/C22H19Br4NO3/c1-21(2)17(19(23)22(24,25)26)18(21)20(28)30-16(12-27)13-7-6-10-15(11-13)29-14-8-4-3-5-9-14/h3-11,16-19H,1-2H3/i3D,4D,5D,8D,9D. The number of rotatable bonds is 6. The summed E-state index contributed by atoms with van der Waals surface area (Å²) in [6.45, 7) is 3.90. The summed E-state index contributed by atoms with van der Waals surface area (Å²) < 4.78 is 49.8. The van der Waals surface area contributed by atoms with E-state index in [1.807, 2.05) is 19.9 Å². The van der Waals surface area contributed by atoms with Gasteiger partial charge in [-0.25, -0.2) is 0 Å². The van der Waals surface area contributed by atoms with Crippen LogP contribution in [0.25, 0.3) is 0 Å². The zero-order valence-electron chi connectivity index (χ0n) is 20.8. The summed E-state index contributed by atoms with van der Waals surface area (Å²) in [5.41, 5.74) is -0.0375. The number of halogens is 4. The van der Waals surface area contributed by atoms with E-state index in [0.29, 0.717) is 5.56 Å². The first-order valence-corrected chi connectivity index (χ1v) is 12.1. The number of benzene rings is 2. The van der Waals surface area contributed by atoms with Crippen LogP contribution in [0, 0.1) is 28.6 Å². The maximum absolute atomic E-state index is 13.0. The molecule has 30 heavy (non-hydrogen) atoms. The van der Waals surface area contributed by atoms with Crippen LogP contribution in [-0.2, 0) is 9.53 Å². The molecule has 0 N–H and O–H groups in total. The van der Waals surface area contributed by atoms with Crippen molar-refractivity contribution in [1.82, 2.24) is 0 Å². The summed E-state index contributed by atoms with van der Waals surface area (Å²) in [5.74, 6) is -1.24. The average Bonchev–Trinajstić information content (AvgIpc) is 3.38. The fourth-order valence-electron chi connectivity index (χ4n) is 3.38. The third kappa shape index (κ3) is 5.29. The molecule has 158 valence electrons. The molecule has 0 heterocycles. The number of hydrogen-bond acceptors (Lipinski definition) is 4. The van der Waals surface area contributed by atoms with Gasteiger partial charge in [0.05, 0.1) is 17.6 Å². The zero-order valence-corrected chi connectivity index (χ0v) is 22.1. The van der Waals surface area contributed by atoms with E-state index in [9.17, 15) is 10.1 Å². The second kappa shape index (κ2) is 9.32. The number of para-hydroxylation sites is 1. The van der Waals surface area contributed by atoms with Crippen molar-refractivity contribution in [1.29, 1.82) is 5.26 Å². The Kier molecular flexibility index (Phi) is 5.48. The van der Waals surface area contributed by atoms with E-state index < -0.39 is 50.3 Å². The minimum Gasteiger partial charge on any atom is -0.457 e. The summed E-state index contributed by atoms with van der Waals surface area (Å²) in [6, 6.07) is 5.52. The fraction of sp³-hybridized carbons (Fsp3) is 0.364. The molecule has 1 saturated carbocycles. The van der Waals surface area contributed by atoms with Crippen LogP contribution in [-0.4, -0.2) is 12.9 Å². The van der Waals surface area contributed by atoms with Crippen LogP contribution < -0.4 is 4.74 Å². The molecule has 1 aliphatic rings. The molecule has 0 spiro atoms. The van der Waals surface area contributed by atoms with E-state index in [1.54, 1.807) is 12.1 Å². The topological polar surface area (TPSA) is 59.3 Å². The van der Waals surface area contributed by atoms with Crippen molar-refractivity contribution in [3.05, 3.63) is 60.0 Å². The van der Waals surface area contributed by atoms with E-state index >= 15 is 0 Å². The molecular weight excluding hydrogens is 646 g/mol. The largest absolute Gasteiger partial charge is 0.457 e. The molecule has 0 aromatic heterocycles. The molecule has 0 amide bonds. The predicted molar refractivity (Wildman–Crippen MR) is 130 cm³/mol. The molecule has 0 bridgehead atoms. The van der Waals surface area contributed by atoms with Crippen LogP contribution in [0.2, 0.25) is 0 Å². The normalized spacial score (nSPS) is 24.1. The van der Waals surface area contributed by atoms with Crippen molar-refractivity contribution >= 4 is 69.7 Å². The van der Waals surface area contributed by atoms with Gasteiger partial charge in [-0.05, 0) is 35.6 Å². The number of esters is 1. The molecule has 4 nitrogen and oxygen atoms in total. The summed E-state index contributed by atoms with van der Waals surface area (Å²) in [5, 5.41) is 9.71. The summed E-state index contributed by atoms with van der Waals surface area (Å²) in [6.07, 6.45) is -1.22. The highest BCUT2D eigenvalue weighted by Gasteiger charge is 2.67. The Morgan fingerprint density at radius 1 is 1.23 bits per heavy atom. The Hall–Kier alpha value is -0.880. The van der Waals surface area contributed by atoms with E-state index in [2.05, 4.69) is 63.7 Å². The number of carbonyl (C=O) groups excluding carboxylic acids is 1. The first kappa shape index (κ1) is 17.6. The minimum absolute atomic E-state index is 0.0776. The number of ether oxygens (including phenoxy) is 2. The van der Waals surface area contributed by atoms with Crippen molar-refractivity contribution in [3.8, 4) is 17.6 Å². The van der Waals surface area contributed by atoms with Gasteiger partial charge >= 0.3 is 5.97 Å². The molecule has 2 aromatic carbocycles. The number of carbonyl (C=O) groups is 1. The highest BCUT2D eigenvalue weighted by atomic mass is 80.0. The molecule has 3 rings (SSSR count). The molecule has 1 aliphatic carbocycles. The highest BCUT2D eigenvalue weighted by molar-refractivity contribution is 9.40. The second-order valence-electron chi connectivity index (χ2n) is 7.34. The molecule has 0 radical (unpaired) electrons. The lowest BCUT2D eigenvalue weighted by molar-refractivity contribution is -0.149. The maximum atomic E-state index is 13.0. The first-order valence-electron chi connectivity index (χ1n) is 11.3. The van der Waals surface area contributed by atoms with Crippen LogP contribution in [0.15, 0.2) is 54.5 Å². The number of alkyl halides is 4. The Labute approximate surface area is 216 Å². The molecule has 8 heteroatoms. The minimum atomic E-state index is -1.22. The summed E-state index contributed by atoms with van der Waals surface area (Å²) in [4.78, 5) is 12.8. The predicted octanol–water partition coefficient (Wildman–Crippen LogP) is 7.46. The van der Waals surface area contributed by atoms with Gasteiger partial charge in [-0.15, -0.1) is 0 Å². The number of nitrogens with zero attached hydrogens (tertiary/aromatic N) is 1. The molecule has 1 fully saturated rings. The number of nitriles is 1. The Balaban J connectivity index is 1.82. The van der Waals surface area contributed by atoms with Gasteiger partial charge in [0.15, 0.2) is 0 Å². The van der Waals surface area contributed by atoms with Crippen LogP contribution >= 0.6 is 63.7 Å². The van der Waals surface area contributed by atoms with Crippen LogP contribution in [0.3, 0.4) is 0 Å². The van der Waals surface area contributed by atoms with Gasteiger partial charge in [0, 0.05) is 5.56 Å². The van der Waals surface area contributed by atoms with Crippen molar-refractivity contribution in [2.45, 2.75) is 26.9 Å². The number of hydrogen-bond donors (Lipinski definition) is 0. The summed E-state index contributed by atoms with van der Waals surface area (Å²) in [7, 11) is 0. The van der Waals surface area contributed by atoms with E-state index in [4.69, 9.17) is 16.3 Å². The molecular formula is C22H19Br4NO3. The van der Waals surface area contributed by atoms with Crippen LogP contribution in [0.5, 0.6) is 11.5 Å². The third-order valence-electron chi connectivity index (χ3n) is 5.00. The van der Waals surface area contributed by atoms with Crippen molar-refractivity contribution in [3.63, 3.8) is 0 Å². The van der Waals surface area contributed by atoms with Crippen molar-refractivity contribution < 1.29 is 21.1 Å². The smallest absolute Gasteiger partial charge is 0.311 e. The Bertz CT molecular complexity index is 1190. The lowest BCUT2D eigenvalue weighted by Gasteiger charge is -2.21. The van der Waals surface area contributed by atoms with Gasteiger partial charge in [-0.1, -0.05) is 108 Å². The summed E-state index contributed by atoms with van der Waals surface area (Å²) >= 11 is 14.0. The maximum Gasteiger partial charge on any atom is 0.311 e. The van der Waals surface area contributed by atoms with Crippen LogP contribution in [0.4, 0.5) is 0 Å². The lowest BCUT2D eigenvalue weighted by atomic mass is 10.1. The lowest BCUT2D eigenvalue weighted by Crippen LogP contribution is -2.23. The van der Waals surface area contributed by atoms with Gasteiger partial charge < -0.3 is 9.47 Å². The van der Waals surface area contributed by atoms with Gasteiger partial charge in [-0.3, -0.25) is 4.79 Å². The van der Waals surface area contributed by atoms with E-state index in [-0.39, 0.29) is 27.7 Å². The van der Waals surface area contributed by atoms with Gasteiger partial charge in [-0.2, -0.15) is 5.26 Å². The molecule has 0 saturated heterocycles. The van der Waals surface area contributed by atoms with Gasteiger partial charge in [0.25, 0.3) is 0 Å². The molecule has 2 aromatic rings. The van der Waals surface area contributed by atoms with Crippen molar-refractivity contribution in [2.24, 2.45) is 17.3 Å². The fourth-order valence-corrected chi connectivity index (χ4v) is 5.23. The van der Waals surface area contributed by atoms with E-state index in [0.717, 1.165) is 0 Å². The first-order chi connectivity index (χ1) is 16.1.